The summed E-state index contributed by atoms with van der Waals surface area (Å²) < 4.78 is 0. The van der Waals surface area contributed by atoms with Crippen LogP contribution < -0.4 is 0 Å². The van der Waals surface area contributed by atoms with Gasteiger partial charge in [-0.15, -0.1) is 0 Å². The molecule has 18 heavy (non-hydrogen) atoms. The van der Waals surface area contributed by atoms with Gasteiger partial charge < -0.3 is 10.0 Å². The number of hydrogen-bond acceptors (Lipinski definition) is 4. The van der Waals surface area contributed by atoms with Crippen LogP contribution in [-0.4, -0.2) is 50.0 Å². The van der Waals surface area contributed by atoms with E-state index < -0.39 is 0 Å². The lowest BCUT2D eigenvalue weighted by Gasteiger charge is -2.30. The molecule has 2 N–H and O–H groups in total. The summed E-state index contributed by atoms with van der Waals surface area (Å²) in [4.78, 5) is 14.2. The second kappa shape index (κ2) is 5.95. The largest absolute Gasteiger partial charge is 0.393 e. The second-order valence-corrected chi connectivity index (χ2v) is 4.94. The Balaban J connectivity index is 2.12. The molecule has 100 valence electrons. The van der Waals surface area contributed by atoms with Crippen LogP contribution in [0.15, 0.2) is 6.20 Å². The van der Waals surface area contributed by atoms with Gasteiger partial charge in [-0.1, -0.05) is 12.8 Å². The van der Waals surface area contributed by atoms with Crippen LogP contribution in [0.1, 0.15) is 49.5 Å². The van der Waals surface area contributed by atoms with E-state index in [-0.39, 0.29) is 18.1 Å². The molecule has 1 aliphatic heterocycles. The second-order valence-electron chi connectivity index (χ2n) is 4.94. The summed E-state index contributed by atoms with van der Waals surface area (Å²) in [6, 6.07) is 0.108. The maximum absolute atomic E-state index is 12.3. The Kier molecular flexibility index (Phi) is 4.30. The Morgan fingerprint density at radius 3 is 3.11 bits per heavy atom. The number of amides is 1. The van der Waals surface area contributed by atoms with Crippen LogP contribution in [-0.2, 0) is 0 Å². The lowest BCUT2D eigenvalue weighted by Crippen LogP contribution is -2.41. The summed E-state index contributed by atoms with van der Waals surface area (Å²) in [6.07, 6.45) is 5.91. The summed E-state index contributed by atoms with van der Waals surface area (Å²) in [7, 11) is 0. The van der Waals surface area contributed by atoms with Crippen LogP contribution in [0.3, 0.4) is 0 Å². The minimum Gasteiger partial charge on any atom is -0.393 e. The van der Waals surface area contributed by atoms with Crippen LogP contribution in [0, 0.1) is 0 Å². The number of H-pyrrole nitrogens is 1. The summed E-state index contributed by atoms with van der Waals surface area (Å²) in [5.41, 5.74) is 0.354. The van der Waals surface area contributed by atoms with Gasteiger partial charge in [0.15, 0.2) is 5.69 Å². The number of nitrogens with zero attached hydrogens (tertiary/aromatic N) is 3. The predicted octanol–water partition coefficient (Wildman–Crippen LogP) is 0.960. The molecule has 0 aromatic carbocycles. The smallest absolute Gasteiger partial charge is 0.276 e. The van der Waals surface area contributed by atoms with E-state index in [0.717, 1.165) is 32.2 Å². The SMILES string of the molecule is CC(O)CC1CCCCCN1C(=O)c1cn[nH]n1. The Labute approximate surface area is 106 Å². The first-order valence-corrected chi connectivity index (χ1v) is 6.53. The highest BCUT2D eigenvalue weighted by Gasteiger charge is 2.28. The van der Waals surface area contributed by atoms with E-state index in [1.54, 1.807) is 6.92 Å². The predicted molar refractivity (Wildman–Crippen MR) is 66.0 cm³/mol. The normalized spacial score (nSPS) is 22.6. The summed E-state index contributed by atoms with van der Waals surface area (Å²) >= 11 is 0. The van der Waals surface area contributed by atoms with Crippen molar-refractivity contribution in [3.63, 3.8) is 0 Å². The highest BCUT2D eigenvalue weighted by atomic mass is 16.3. The number of nitrogens with one attached hydrogen (secondary N) is 1. The third-order valence-electron chi connectivity index (χ3n) is 3.39. The van der Waals surface area contributed by atoms with Crippen molar-refractivity contribution in [2.45, 2.75) is 51.2 Å². The molecule has 1 saturated heterocycles. The lowest BCUT2D eigenvalue weighted by molar-refractivity contribution is 0.0601. The molecular weight excluding hydrogens is 232 g/mol. The summed E-state index contributed by atoms with van der Waals surface area (Å²) in [5.74, 6) is -0.0868. The van der Waals surface area contributed by atoms with E-state index in [9.17, 15) is 9.90 Å². The molecular formula is C12H20N4O2. The summed E-state index contributed by atoms with van der Waals surface area (Å²) in [5, 5.41) is 19.5. The molecule has 0 bridgehead atoms. The number of likely N-dealkylation sites (tertiary alicyclic amines) is 1. The van der Waals surface area contributed by atoms with E-state index in [4.69, 9.17) is 0 Å². The van der Waals surface area contributed by atoms with E-state index in [1.807, 2.05) is 4.90 Å². The van der Waals surface area contributed by atoms with Gasteiger partial charge >= 0.3 is 0 Å². The summed E-state index contributed by atoms with van der Waals surface area (Å²) in [6.45, 7) is 2.51. The molecule has 6 nitrogen and oxygen atoms in total. The van der Waals surface area contributed by atoms with Crippen LogP contribution in [0.25, 0.3) is 0 Å². The number of carbonyl (C=O) groups is 1. The topological polar surface area (TPSA) is 82.1 Å². The van der Waals surface area contributed by atoms with Crippen molar-refractivity contribution in [1.29, 1.82) is 0 Å². The number of hydrogen-bond donors (Lipinski definition) is 2. The molecule has 2 unspecified atom stereocenters. The van der Waals surface area contributed by atoms with E-state index in [2.05, 4.69) is 15.4 Å². The zero-order chi connectivity index (χ0) is 13.0. The number of aliphatic hydroxyl groups excluding tert-OH is 1. The number of aromatic nitrogens is 3. The fraction of sp³-hybridized carbons (Fsp3) is 0.750. The molecule has 0 aliphatic carbocycles. The molecule has 2 atom stereocenters. The number of carbonyl (C=O) groups excluding carboxylic acids is 1. The molecule has 1 aliphatic rings. The average molecular weight is 252 g/mol. The molecule has 0 spiro atoms. The van der Waals surface area contributed by atoms with Crippen molar-refractivity contribution in [3.05, 3.63) is 11.9 Å². The molecule has 0 radical (unpaired) electrons. The van der Waals surface area contributed by atoms with E-state index >= 15 is 0 Å². The number of aliphatic hydroxyl groups is 1. The van der Waals surface area contributed by atoms with Gasteiger partial charge in [0.25, 0.3) is 5.91 Å². The van der Waals surface area contributed by atoms with Gasteiger partial charge in [-0.2, -0.15) is 15.4 Å². The fourth-order valence-corrected chi connectivity index (χ4v) is 2.54. The lowest BCUT2D eigenvalue weighted by atomic mass is 10.0. The molecule has 2 rings (SSSR count). The fourth-order valence-electron chi connectivity index (χ4n) is 2.54. The van der Waals surface area contributed by atoms with Gasteiger partial charge in [0.1, 0.15) is 0 Å². The first-order chi connectivity index (χ1) is 8.68. The van der Waals surface area contributed by atoms with Gasteiger partial charge in [0.05, 0.1) is 12.3 Å². The highest BCUT2D eigenvalue weighted by molar-refractivity contribution is 5.92. The number of rotatable bonds is 3. The zero-order valence-electron chi connectivity index (χ0n) is 10.7. The first kappa shape index (κ1) is 13.0. The molecule has 2 heterocycles. The van der Waals surface area contributed by atoms with Crippen LogP contribution in [0.2, 0.25) is 0 Å². The molecule has 1 aromatic rings. The van der Waals surface area contributed by atoms with Crippen molar-refractivity contribution in [2.75, 3.05) is 6.54 Å². The molecule has 1 fully saturated rings. The van der Waals surface area contributed by atoms with Crippen molar-refractivity contribution < 1.29 is 9.90 Å². The van der Waals surface area contributed by atoms with E-state index in [0.29, 0.717) is 12.1 Å². The Bertz CT molecular complexity index is 377. The maximum atomic E-state index is 12.3. The van der Waals surface area contributed by atoms with Crippen molar-refractivity contribution >= 4 is 5.91 Å². The highest BCUT2D eigenvalue weighted by Crippen LogP contribution is 2.22. The van der Waals surface area contributed by atoms with E-state index in [1.165, 1.54) is 6.20 Å². The van der Waals surface area contributed by atoms with Crippen LogP contribution >= 0.6 is 0 Å². The van der Waals surface area contributed by atoms with Crippen molar-refractivity contribution in [3.8, 4) is 0 Å². The Hall–Kier alpha value is -1.43. The molecule has 6 heteroatoms. The maximum Gasteiger partial charge on any atom is 0.276 e. The molecule has 1 amide bonds. The van der Waals surface area contributed by atoms with Gasteiger partial charge in [0, 0.05) is 12.6 Å². The standard InChI is InChI=1S/C12H20N4O2/c1-9(17)7-10-5-3-2-4-6-16(10)12(18)11-8-13-15-14-11/h8-10,17H,2-7H2,1H3,(H,13,14,15). The van der Waals surface area contributed by atoms with Crippen molar-refractivity contribution in [2.24, 2.45) is 0 Å². The van der Waals surface area contributed by atoms with Gasteiger partial charge in [-0.05, 0) is 26.2 Å². The Morgan fingerprint density at radius 1 is 1.61 bits per heavy atom. The average Bonchev–Trinajstić information content (AvgIpc) is 2.76. The molecule has 0 saturated carbocycles. The Morgan fingerprint density at radius 2 is 2.44 bits per heavy atom. The zero-order valence-corrected chi connectivity index (χ0v) is 10.7. The monoisotopic (exact) mass is 252 g/mol. The van der Waals surface area contributed by atoms with Gasteiger partial charge in [-0.3, -0.25) is 4.79 Å². The molecule has 1 aromatic heterocycles. The van der Waals surface area contributed by atoms with Gasteiger partial charge in [-0.25, -0.2) is 0 Å². The van der Waals surface area contributed by atoms with Crippen LogP contribution in [0.5, 0.6) is 0 Å². The van der Waals surface area contributed by atoms with Crippen molar-refractivity contribution in [1.82, 2.24) is 20.3 Å². The first-order valence-electron chi connectivity index (χ1n) is 6.53. The minimum atomic E-state index is -0.388. The van der Waals surface area contributed by atoms with Gasteiger partial charge in [0.2, 0.25) is 0 Å². The minimum absolute atomic E-state index is 0.0868. The third kappa shape index (κ3) is 3.07. The number of aromatic amines is 1. The quantitative estimate of drug-likeness (QED) is 0.839. The third-order valence-corrected chi connectivity index (χ3v) is 3.39. The van der Waals surface area contributed by atoms with Crippen LogP contribution in [0.4, 0.5) is 0 Å².